The summed E-state index contributed by atoms with van der Waals surface area (Å²) in [5.41, 5.74) is 1.37. The molecule has 0 amide bonds. The van der Waals surface area contributed by atoms with E-state index < -0.39 is 24.9 Å². The van der Waals surface area contributed by atoms with Crippen molar-refractivity contribution >= 4 is 25.5 Å². The van der Waals surface area contributed by atoms with E-state index in [-0.39, 0.29) is 0 Å². The molecule has 2 N–H and O–H groups in total. The molecule has 0 aliphatic rings. The van der Waals surface area contributed by atoms with Gasteiger partial charge >= 0.3 is 0 Å². The van der Waals surface area contributed by atoms with Gasteiger partial charge in [-0.25, -0.2) is 16.8 Å². The molecule has 0 bridgehead atoms. The third-order valence-electron chi connectivity index (χ3n) is 2.31. The smallest absolute Gasteiger partial charge is 0.247 e. The molecule has 0 aliphatic carbocycles. The van der Waals surface area contributed by atoms with E-state index in [1.54, 1.807) is 24.3 Å². The summed E-state index contributed by atoms with van der Waals surface area (Å²) in [6.45, 7) is 4.76. The maximum absolute atomic E-state index is 11.6. The largest absolute Gasteiger partial charge is 0.310 e. The van der Waals surface area contributed by atoms with Crippen molar-refractivity contribution < 1.29 is 16.8 Å². The summed E-state index contributed by atoms with van der Waals surface area (Å²) in [5, 5.41) is 2.32. The monoisotopic (exact) mass is 320 g/mol. The average Bonchev–Trinajstić information content (AvgIpc) is 2.24. The number of hydrogen-bond acceptors (Lipinski definition) is 5. The Morgan fingerprint density at radius 1 is 1.05 bits per heavy atom. The lowest BCUT2D eigenvalue weighted by Crippen LogP contribution is -2.22. The molecule has 0 radical (unpaired) electrons. The van der Waals surface area contributed by atoms with Crippen molar-refractivity contribution in [2.75, 3.05) is 16.1 Å². The highest BCUT2D eigenvalue weighted by Crippen LogP contribution is 2.12. The Morgan fingerprint density at radius 2 is 1.60 bits per heavy atom. The second kappa shape index (κ2) is 6.55. The zero-order valence-electron chi connectivity index (χ0n) is 11.8. The molecule has 8 heteroatoms. The number of nitrogens with one attached hydrogen (secondary N) is 2. The number of sulfone groups is 1. The Balaban J connectivity index is 2.70. The first-order valence-corrected chi connectivity index (χ1v) is 9.79. The molecule has 0 saturated heterocycles. The van der Waals surface area contributed by atoms with Gasteiger partial charge in [-0.15, -0.1) is 0 Å². The molecule has 6 nitrogen and oxygen atoms in total. The van der Waals surface area contributed by atoms with Crippen LogP contribution >= 0.6 is 0 Å². The van der Waals surface area contributed by atoms with Crippen molar-refractivity contribution in [1.82, 2.24) is 5.32 Å². The second-order valence-corrected chi connectivity index (χ2v) is 9.22. The van der Waals surface area contributed by atoms with Crippen LogP contribution in [0.25, 0.3) is 0 Å². The van der Waals surface area contributed by atoms with Crippen molar-refractivity contribution in [3.05, 3.63) is 29.8 Å². The molecule has 1 aromatic carbocycles. The number of sulfonamides is 1. The van der Waals surface area contributed by atoms with Gasteiger partial charge in [0, 0.05) is 24.5 Å². The summed E-state index contributed by atoms with van der Waals surface area (Å²) in [6, 6.07) is 7.15. The van der Waals surface area contributed by atoms with E-state index in [4.69, 9.17) is 0 Å². The van der Waals surface area contributed by atoms with Crippen LogP contribution in [0.15, 0.2) is 24.3 Å². The third-order valence-corrected chi connectivity index (χ3v) is 5.81. The number of anilines is 1. The lowest BCUT2D eigenvalue weighted by Gasteiger charge is -2.10. The van der Waals surface area contributed by atoms with E-state index in [0.29, 0.717) is 18.3 Å². The van der Waals surface area contributed by atoms with Gasteiger partial charge in [0.1, 0.15) is 0 Å². The molecule has 0 aliphatic heterocycles. The molecule has 0 atom stereocenters. The van der Waals surface area contributed by atoms with Crippen LogP contribution in [0.3, 0.4) is 0 Å². The minimum absolute atomic E-state index is 0.349. The van der Waals surface area contributed by atoms with Gasteiger partial charge in [0.05, 0.1) is 0 Å². The standard InChI is InChI=1S/C12H20N2O4S2/c1-10(2)13-8-11-4-6-12(7-5-11)14-20(17,18)9-19(3,15)16/h4-7,10,13-14H,8-9H2,1-3H3. The first kappa shape index (κ1) is 16.9. The molecular formula is C12H20N2O4S2. The first-order chi connectivity index (χ1) is 9.07. The SMILES string of the molecule is CC(C)NCc1ccc(NS(=O)(=O)CS(C)(=O)=O)cc1. The summed E-state index contributed by atoms with van der Waals surface area (Å²) in [7, 11) is -7.47. The van der Waals surface area contributed by atoms with Crippen LogP contribution in [-0.4, -0.2) is 34.2 Å². The van der Waals surface area contributed by atoms with Gasteiger partial charge in [-0.3, -0.25) is 4.72 Å². The Labute approximate surface area is 120 Å². The lowest BCUT2D eigenvalue weighted by molar-refractivity contribution is 0.589. The zero-order chi connectivity index (χ0) is 15.4. The van der Waals surface area contributed by atoms with Crippen molar-refractivity contribution in [2.45, 2.75) is 26.4 Å². The van der Waals surface area contributed by atoms with E-state index in [0.717, 1.165) is 11.8 Å². The van der Waals surface area contributed by atoms with Crippen molar-refractivity contribution in [2.24, 2.45) is 0 Å². The molecule has 1 aromatic rings. The average molecular weight is 320 g/mol. The molecule has 20 heavy (non-hydrogen) atoms. The van der Waals surface area contributed by atoms with Gasteiger partial charge in [0.15, 0.2) is 14.9 Å². The Bertz CT molecular complexity index is 635. The van der Waals surface area contributed by atoms with Crippen LogP contribution in [0.4, 0.5) is 5.69 Å². The minimum atomic E-state index is -3.88. The van der Waals surface area contributed by atoms with Crippen LogP contribution < -0.4 is 10.0 Å². The normalized spacial score (nSPS) is 12.6. The fraction of sp³-hybridized carbons (Fsp3) is 0.500. The predicted octanol–water partition coefficient (Wildman–Crippen LogP) is 0.928. The van der Waals surface area contributed by atoms with Gasteiger partial charge in [0.25, 0.3) is 0 Å². The van der Waals surface area contributed by atoms with Gasteiger partial charge in [-0.2, -0.15) is 0 Å². The number of hydrogen-bond donors (Lipinski definition) is 2. The fourth-order valence-corrected chi connectivity index (χ4v) is 4.49. The van der Waals surface area contributed by atoms with Gasteiger partial charge in [-0.1, -0.05) is 26.0 Å². The Hall–Kier alpha value is -1.12. The summed E-state index contributed by atoms with van der Waals surface area (Å²) in [4.78, 5) is 0. The summed E-state index contributed by atoms with van der Waals surface area (Å²) >= 11 is 0. The maximum Gasteiger partial charge on any atom is 0.247 e. The quantitative estimate of drug-likeness (QED) is 0.779. The molecule has 0 aromatic heterocycles. The number of rotatable bonds is 7. The maximum atomic E-state index is 11.6. The van der Waals surface area contributed by atoms with Crippen molar-refractivity contribution in [3.8, 4) is 0 Å². The zero-order valence-corrected chi connectivity index (χ0v) is 13.4. The third kappa shape index (κ3) is 6.88. The van der Waals surface area contributed by atoms with E-state index in [1.165, 1.54) is 0 Å². The molecule has 0 heterocycles. The molecule has 1 rings (SSSR count). The van der Waals surface area contributed by atoms with Crippen molar-refractivity contribution in [1.29, 1.82) is 0 Å². The highest BCUT2D eigenvalue weighted by Gasteiger charge is 2.17. The summed E-state index contributed by atoms with van der Waals surface area (Å²) < 4.78 is 47.5. The van der Waals surface area contributed by atoms with Gasteiger partial charge in [-0.05, 0) is 17.7 Å². The predicted molar refractivity (Wildman–Crippen MR) is 80.7 cm³/mol. The van der Waals surface area contributed by atoms with Crippen LogP contribution in [0.2, 0.25) is 0 Å². The fourth-order valence-electron chi connectivity index (χ4n) is 1.50. The van der Waals surface area contributed by atoms with E-state index >= 15 is 0 Å². The van der Waals surface area contributed by atoms with Gasteiger partial charge < -0.3 is 5.32 Å². The molecule has 0 fully saturated rings. The van der Waals surface area contributed by atoms with Crippen LogP contribution in [-0.2, 0) is 26.4 Å². The second-order valence-electron chi connectivity index (χ2n) is 4.99. The Kier molecular flexibility index (Phi) is 5.55. The topological polar surface area (TPSA) is 92.3 Å². The molecular weight excluding hydrogens is 300 g/mol. The Morgan fingerprint density at radius 3 is 2.05 bits per heavy atom. The highest BCUT2D eigenvalue weighted by atomic mass is 32.3. The molecule has 0 unspecified atom stereocenters. The van der Waals surface area contributed by atoms with E-state index in [9.17, 15) is 16.8 Å². The molecule has 0 spiro atoms. The van der Waals surface area contributed by atoms with E-state index in [1.807, 2.05) is 13.8 Å². The van der Waals surface area contributed by atoms with E-state index in [2.05, 4.69) is 10.0 Å². The van der Waals surface area contributed by atoms with Crippen LogP contribution in [0.1, 0.15) is 19.4 Å². The molecule has 0 saturated carbocycles. The summed E-state index contributed by atoms with van der Waals surface area (Å²) in [6.07, 6.45) is 0.882. The first-order valence-electron chi connectivity index (χ1n) is 6.08. The van der Waals surface area contributed by atoms with Crippen LogP contribution in [0, 0.1) is 0 Å². The lowest BCUT2D eigenvalue weighted by atomic mass is 10.2. The summed E-state index contributed by atoms with van der Waals surface area (Å²) in [5.74, 6) is 0. The molecule has 114 valence electrons. The minimum Gasteiger partial charge on any atom is -0.310 e. The highest BCUT2D eigenvalue weighted by molar-refractivity contribution is 8.08. The number of benzene rings is 1. The van der Waals surface area contributed by atoms with Crippen molar-refractivity contribution in [3.63, 3.8) is 0 Å². The van der Waals surface area contributed by atoms with Crippen LogP contribution in [0.5, 0.6) is 0 Å². The van der Waals surface area contributed by atoms with Gasteiger partial charge in [0.2, 0.25) is 10.0 Å².